The Labute approximate surface area is 146 Å². The molecule has 3 amide bonds. The first-order chi connectivity index (χ1) is 10.9. The summed E-state index contributed by atoms with van der Waals surface area (Å²) in [7, 11) is 0. The molecule has 0 unspecified atom stereocenters. The number of urea groups is 1. The molecule has 124 valence electrons. The van der Waals surface area contributed by atoms with Crippen LogP contribution in [0.25, 0.3) is 0 Å². The molecule has 0 spiro atoms. The molecule has 1 aromatic carbocycles. The maximum Gasteiger partial charge on any atom is 0.344 e. The van der Waals surface area contributed by atoms with E-state index in [2.05, 4.69) is 21.2 Å². The third kappa shape index (κ3) is 4.59. The average Bonchev–Trinajstić information content (AvgIpc) is 2.91. The molecule has 0 bridgehead atoms. The van der Waals surface area contributed by atoms with Crippen molar-refractivity contribution >= 4 is 45.4 Å². The van der Waals surface area contributed by atoms with Crippen LogP contribution in [0.2, 0.25) is 5.02 Å². The average molecular weight is 406 g/mol. The molecule has 23 heavy (non-hydrogen) atoms. The summed E-state index contributed by atoms with van der Waals surface area (Å²) in [6.45, 7) is 1.68. The van der Waals surface area contributed by atoms with Gasteiger partial charge in [0.1, 0.15) is 5.75 Å². The number of nitrogens with zero attached hydrogens (tertiary/aromatic N) is 1. The SMILES string of the molecule is C[C@@H](OC(=O)COc1ccc(Cl)cc1Br)C(=O)N1CCNC1=O. The minimum absolute atomic E-state index is 0.258. The molecule has 1 atom stereocenters. The largest absolute Gasteiger partial charge is 0.481 e. The lowest BCUT2D eigenvalue weighted by Crippen LogP contribution is -2.42. The third-order valence-electron chi connectivity index (χ3n) is 3.02. The lowest BCUT2D eigenvalue weighted by molar-refractivity contribution is -0.159. The Morgan fingerprint density at radius 2 is 2.22 bits per heavy atom. The summed E-state index contributed by atoms with van der Waals surface area (Å²) < 4.78 is 10.9. The standard InChI is InChI=1S/C14H14BrClN2O5/c1-8(13(20)18-5-4-17-14(18)21)23-12(19)7-22-11-3-2-9(16)6-10(11)15/h2-3,6,8H,4-5,7H2,1H3,(H,17,21)/t8-/m1/s1. The molecule has 1 aliphatic heterocycles. The zero-order valence-electron chi connectivity index (χ0n) is 12.2. The predicted molar refractivity (Wildman–Crippen MR) is 85.3 cm³/mol. The van der Waals surface area contributed by atoms with Gasteiger partial charge >= 0.3 is 12.0 Å². The van der Waals surface area contributed by atoms with Crippen LogP contribution in [0.3, 0.4) is 0 Å². The minimum atomic E-state index is -1.07. The Hall–Kier alpha value is -1.80. The fraction of sp³-hybridized carbons (Fsp3) is 0.357. The Morgan fingerprint density at radius 1 is 1.48 bits per heavy atom. The van der Waals surface area contributed by atoms with Gasteiger partial charge in [-0.15, -0.1) is 0 Å². The summed E-state index contributed by atoms with van der Waals surface area (Å²) in [5.74, 6) is -0.863. The van der Waals surface area contributed by atoms with Crippen LogP contribution in [-0.2, 0) is 14.3 Å². The van der Waals surface area contributed by atoms with Gasteiger partial charge in [0.15, 0.2) is 12.7 Å². The van der Waals surface area contributed by atoms with E-state index in [1.807, 2.05) is 0 Å². The Kier molecular flexibility index (Phi) is 5.84. The Morgan fingerprint density at radius 3 is 2.83 bits per heavy atom. The van der Waals surface area contributed by atoms with E-state index >= 15 is 0 Å². The molecule has 0 saturated carbocycles. The van der Waals surface area contributed by atoms with Crippen LogP contribution in [0.1, 0.15) is 6.92 Å². The highest BCUT2D eigenvalue weighted by Gasteiger charge is 2.31. The van der Waals surface area contributed by atoms with Gasteiger partial charge in [0.2, 0.25) is 0 Å². The zero-order chi connectivity index (χ0) is 17.0. The topological polar surface area (TPSA) is 84.9 Å². The first-order valence-electron chi connectivity index (χ1n) is 6.75. The van der Waals surface area contributed by atoms with Gasteiger partial charge in [0, 0.05) is 18.1 Å². The summed E-state index contributed by atoms with van der Waals surface area (Å²) >= 11 is 9.06. The van der Waals surface area contributed by atoms with E-state index in [1.165, 1.54) is 6.92 Å². The van der Waals surface area contributed by atoms with Gasteiger partial charge in [0.05, 0.1) is 4.47 Å². The summed E-state index contributed by atoms with van der Waals surface area (Å²) in [5.41, 5.74) is 0. The number of amides is 3. The van der Waals surface area contributed by atoms with Gasteiger partial charge in [-0.2, -0.15) is 0 Å². The molecule has 1 saturated heterocycles. The molecule has 7 nitrogen and oxygen atoms in total. The molecule has 0 radical (unpaired) electrons. The molecule has 1 aromatic rings. The molecule has 1 aliphatic rings. The van der Waals surface area contributed by atoms with Crippen LogP contribution in [0.5, 0.6) is 5.75 Å². The number of hydrogen-bond donors (Lipinski definition) is 1. The monoisotopic (exact) mass is 404 g/mol. The van der Waals surface area contributed by atoms with Crippen molar-refractivity contribution in [3.63, 3.8) is 0 Å². The fourth-order valence-electron chi connectivity index (χ4n) is 1.91. The number of esters is 1. The van der Waals surface area contributed by atoms with Gasteiger partial charge in [-0.05, 0) is 41.1 Å². The van der Waals surface area contributed by atoms with Crippen LogP contribution in [0, 0.1) is 0 Å². The first-order valence-corrected chi connectivity index (χ1v) is 7.92. The van der Waals surface area contributed by atoms with Gasteiger partial charge in [-0.3, -0.25) is 9.69 Å². The van der Waals surface area contributed by atoms with Crippen LogP contribution in [-0.4, -0.2) is 48.6 Å². The van der Waals surface area contributed by atoms with E-state index in [0.29, 0.717) is 21.8 Å². The lowest BCUT2D eigenvalue weighted by Gasteiger charge is -2.18. The molecule has 9 heteroatoms. The molecule has 1 heterocycles. The van der Waals surface area contributed by atoms with Crippen molar-refractivity contribution in [3.8, 4) is 5.75 Å². The number of carbonyl (C=O) groups excluding carboxylic acids is 3. The minimum Gasteiger partial charge on any atom is -0.481 e. The van der Waals surface area contributed by atoms with E-state index in [4.69, 9.17) is 21.1 Å². The highest BCUT2D eigenvalue weighted by molar-refractivity contribution is 9.10. The summed E-state index contributed by atoms with van der Waals surface area (Å²) in [6, 6.07) is 4.35. The third-order valence-corrected chi connectivity index (χ3v) is 3.87. The quantitative estimate of drug-likeness (QED) is 0.757. The second kappa shape index (κ2) is 7.65. The molecular formula is C14H14BrClN2O5. The van der Waals surface area contributed by atoms with Gasteiger partial charge in [-0.1, -0.05) is 11.6 Å². The molecular weight excluding hydrogens is 392 g/mol. The maximum absolute atomic E-state index is 12.0. The molecule has 1 fully saturated rings. The number of nitrogens with one attached hydrogen (secondary N) is 1. The van der Waals surface area contributed by atoms with Crippen molar-refractivity contribution in [1.29, 1.82) is 0 Å². The normalized spacial score (nSPS) is 15.1. The number of imide groups is 1. The highest BCUT2D eigenvalue weighted by Crippen LogP contribution is 2.27. The smallest absolute Gasteiger partial charge is 0.344 e. The van der Waals surface area contributed by atoms with E-state index < -0.39 is 24.0 Å². The van der Waals surface area contributed by atoms with Crippen LogP contribution < -0.4 is 10.1 Å². The van der Waals surface area contributed by atoms with Crippen molar-refractivity contribution in [2.45, 2.75) is 13.0 Å². The number of rotatable bonds is 5. The number of hydrogen-bond acceptors (Lipinski definition) is 5. The van der Waals surface area contributed by atoms with Crippen LogP contribution >= 0.6 is 27.5 Å². The van der Waals surface area contributed by atoms with Gasteiger partial charge in [-0.25, -0.2) is 9.59 Å². The Bertz CT molecular complexity index is 640. The second-order valence-electron chi connectivity index (χ2n) is 4.72. The predicted octanol–water partition coefficient (Wildman–Crippen LogP) is 1.96. The summed E-state index contributed by atoms with van der Waals surface area (Å²) in [4.78, 5) is 36.1. The number of halogens is 2. The van der Waals surface area contributed by atoms with Gasteiger partial charge in [0.25, 0.3) is 5.91 Å². The van der Waals surface area contributed by atoms with Crippen molar-refractivity contribution in [2.24, 2.45) is 0 Å². The second-order valence-corrected chi connectivity index (χ2v) is 6.01. The van der Waals surface area contributed by atoms with E-state index in [1.54, 1.807) is 18.2 Å². The molecule has 2 rings (SSSR count). The number of benzene rings is 1. The van der Waals surface area contributed by atoms with Crippen molar-refractivity contribution in [2.75, 3.05) is 19.7 Å². The number of ether oxygens (including phenoxy) is 2. The summed E-state index contributed by atoms with van der Waals surface area (Å²) in [5, 5.41) is 3.02. The Balaban J connectivity index is 1.84. The van der Waals surface area contributed by atoms with Crippen molar-refractivity contribution in [3.05, 3.63) is 27.7 Å². The van der Waals surface area contributed by atoms with Crippen LogP contribution in [0.15, 0.2) is 22.7 Å². The number of carbonyl (C=O) groups is 3. The molecule has 1 N–H and O–H groups in total. The maximum atomic E-state index is 12.0. The van der Waals surface area contributed by atoms with Crippen molar-refractivity contribution in [1.82, 2.24) is 10.2 Å². The van der Waals surface area contributed by atoms with E-state index in [0.717, 1.165) is 4.90 Å². The molecule has 0 aromatic heterocycles. The lowest BCUT2D eigenvalue weighted by atomic mass is 10.3. The van der Waals surface area contributed by atoms with E-state index in [9.17, 15) is 14.4 Å². The zero-order valence-corrected chi connectivity index (χ0v) is 14.5. The summed E-state index contributed by atoms with van der Waals surface area (Å²) in [6.07, 6.45) is -1.07. The van der Waals surface area contributed by atoms with Gasteiger partial charge < -0.3 is 14.8 Å². The molecule has 0 aliphatic carbocycles. The van der Waals surface area contributed by atoms with E-state index in [-0.39, 0.29) is 13.2 Å². The highest BCUT2D eigenvalue weighted by atomic mass is 79.9. The van der Waals surface area contributed by atoms with Crippen molar-refractivity contribution < 1.29 is 23.9 Å². The first kappa shape index (κ1) is 17.6. The fourth-order valence-corrected chi connectivity index (χ4v) is 2.71. The van der Waals surface area contributed by atoms with Crippen LogP contribution in [0.4, 0.5) is 4.79 Å².